The summed E-state index contributed by atoms with van der Waals surface area (Å²) >= 11 is 5.98. The van der Waals surface area contributed by atoms with Gasteiger partial charge in [0.15, 0.2) is 0 Å². The van der Waals surface area contributed by atoms with Crippen LogP contribution in [0.1, 0.15) is 59.8 Å². The number of aromatic nitrogens is 2. The second-order valence-electron chi connectivity index (χ2n) is 8.22. The van der Waals surface area contributed by atoms with Gasteiger partial charge in [-0.2, -0.15) is 5.10 Å². The van der Waals surface area contributed by atoms with E-state index in [0.29, 0.717) is 23.0 Å². The number of halogens is 1. The van der Waals surface area contributed by atoms with Crippen molar-refractivity contribution < 1.29 is 4.79 Å². The molecule has 0 saturated carbocycles. The van der Waals surface area contributed by atoms with E-state index in [4.69, 9.17) is 11.6 Å². The van der Waals surface area contributed by atoms with E-state index in [1.807, 2.05) is 60.3 Å². The Balaban J connectivity index is 1.52. The molecule has 1 unspecified atom stereocenters. The predicted molar refractivity (Wildman–Crippen MR) is 127 cm³/mol. The lowest BCUT2D eigenvalue weighted by atomic mass is 9.99. The molecule has 1 N–H and O–H groups in total. The lowest BCUT2D eigenvalue weighted by Crippen LogP contribution is -2.26. The maximum absolute atomic E-state index is 12.9. The maximum atomic E-state index is 12.9. The molecule has 4 nitrogen and oxygen atoms in total. The molecule has 0 saturated heterocycles. The predicted octanol–water partition coefficient (Wildman–Crippen LogP) is 6.35. The van der Waals surface area contributed by atoms with E-state index in [9.17, 15) is 4.79 Å². The van der Waals surface area contributed by atoms with Crippen LogP contribution in [0.5, 0.6) is 0 Å². The van der Waals surface area contributed by atoms with E-state index in [1.54, 1.807) is 0 Å². The maximum Gasteiger partial charge on any atom is 0.251 e. The monoisotopic (exact) mass is 431 g/mol. The molecule has 0 spiro atoms. The van der Waals surface area contributed by atoms with Gasteiger partial charge in [0.25, 0.3) is 5.91 Å². The van der Waals surface area contributed by atoms with E-state index in [1.165, 1.54) is 5.56 Å². The lowest BCUT2D eigenvalue weighted by molar-refractivity contribution is 0.0940. The highest BCUT2D eigenvalue weighted by molar-refractivity contribution is 6.30. The first kappa shape index (κ1) is 21.1. The number of fused-ring (bicyclic) bond motifs is 1. The number of hydrogen-bond donors (Lipinski definition) is 1. The molecule has 1 atom stereocenters. The topological polar surface area (TPSA) is 46.9 Å². The minimum absolute atomic E-state index is 0.0802. The summed E-state index contributed by atoms with van der Waals surface area (Å²) in [5.74, 6) is 0.393. The molecule has 1 amide bonds. The first-order valence-electron chi connectivity index (χ1n) is 10.5. The third kappa shape index (κ3) is 4.80. The zero-order valence-electron chi connectivity index (χ0n) is 18.0. The van der Waals surface area contributed by atoms with E-state index in [-0.39, 0.29) is 11.9 Å². The third-order valence-electron chi connectivity index (χ3n) is 5.60. The van der Waals surface area contributed by atoms with Crippen LogP contribution in [0.15, 0.2) is 72.9 Å². The molecule has 0 radical (unpaired) electrons. The Morgan fingerprint density at radius 1 is 0.968 bits per heavy atom. The Kier molecular flexibility index (Phi) is 6.10. The number of hydrogen-bond acceptors (Lipinski definition) is 2. The van der Waals surface area contributed by atoms with Crippen molar-refractivity contribution in [3.05, 3.63) is 100 Å². The van der Waals surface area contributed by atoms with Crippen molar-refractivity contribution in [1.29, 1.82) is 0 Å². The Labute approximate surface area is 187 Å². The van der Waals surface area contributed by atoms with Crippen LogP contribution in [-0.2, 0) is 6.54 Å². The van der Waals surface area contributed by atoms with Crippen molar-refractivity contribution in [3.8, 4) is 0 Å². The first-order valence-corrected chi connectivity index (χ1v) is 10.9. The van der Waals surface area contributed by atoms with Gasteiger partial charge in [-0.3, -0.25) is 9.48 Å². The van der Waals surface area contributed by atoms with Crippen LogP contribution in [0, 0.1) is 0 Å². The summed E-state index contributed by atoms with van der Waals surface area (Å²) in [5.41, 5.74) is 5.03. The van der Waals surface area contributed by atoms with Crippen molar-refractivity contribution in [2.75, 3.05) is 0 Å². The average Bonchev–Trinajstić information content (AvgIpc) is 3.17. The number of rotatable bonds is 6. The first-order chi connectivity index (χ1) is 14.9. The molecule has 4 aromatic rings. The third-order valence-corrected chi connectivity index (χ3v) is 5.86. The summed E-state index contributed by atoms with van der Waals surface area (Å²) in [6.07, 6.45) is 1.83. The minimum Gasteiger partial charge on any atom is -0.346 e. The molecule has 5 heteroatoms. The number of carbonyl (C=O) groups is 1. The van der Waals surface area contributed by atoms with Gasteiger partial charge in [0, 0.05) is 16.0 Å². The smallest absolute Gasteiger partial charge is 0.251 e. The molecule has 158 valence electrons. The number of carbonyl (C=O) groups excluding carboxylic acids is 1. The molecule has 0 aliphatic rings. The van der Waals surface area contributed by atoms with Gasteiger partial charge in [0.1, 0.15) is 0 Å². The minimum atomic E-state index is -0.0958. The lowest BCUT2D eigenvalue weighted by Gasteiger charge is -2.16. The van der Waals surface area contributed by atoms with Crippen LogP contribution in [0.25, 0.3) is 10.9 Å². The molecule has 0 fully saturated rings. The Morgan fingerprint density at radius 2 is 1.65 bits per heavy atom. The number of amides is 1. The fourth-order valence-electron chi connectivity index (χ4n) is 3.63. The molecular formula is C26H26ClN3O. The average molecular weight is 432 g/mol. The van der Waals surface area contributed by atoms with Gasteiger partial charge in [-0.1, -0.05) is 67.9 Å². The van der Waals surface area contributed by atoms with Crippen LogP contribution in [0.2, 0.25) is 5.02 Å². The fraction of sp³-hybridized carbons (Fsp3) is 0.231. The van der Waals surface area contributed by atoms with Crippen molar-refractivity contribution >= 4 is 28.4 Å². The zero-order valence-corrected chi connectivity index (χ0v) is 18.7. The van der Waals surface area contributed by atoms with Gasteiger partial charge in [-0.05, 0) is 53.8 Å². The van der Waals surface area contributed by atoms with Crippen LogP contribution in [0.4, 0.5) is 0 Å². The molecule has 0 aliphatic heterocycles. The highest BCUT2D eigenvalue weighted by Crippen LogP contribution is 2.21. The van der Waals surface area contributed by atoms with Gasteiger partial charge < -0.3 is 5.32 Å². The normalized spacial score (nSPS) is 12.3. The summed E-state index contributed by atoms with van der Waals surface area (Å²) in [7, 11) is 0. The summed E-state index contributed by atoms with van der Waals surface area (Å²) in [6, 6.07) is 21.8. The number of nitrogens with one attached hydrogen (secondary N) is 1. The molecule has 4 rings (SSSR count). The summed E-state index contributed by atoms with van der Waals surface area (Å²) in [6.45, 7) is 6.97. The van der Waals surface area contributed by atoms with Gasteiger partial charge in [0.05, 0.1) is 24.3 Å². The summed E-state index contributed by atoms with van der Waals surface area (Å²) < 4.78 is 1.91. The van der Waals surface area contributed by atoms with Crippen LogP contribution < -0.4 is 5.32 Å². The SMILES string of the molecule is CC(C)c1ccc(C(C)NC(=O)c2ccc3cnn(Cc4ccc(Cl)cc4)c3c2)cc1. The van der Waals surface area contributed by atoms with Gasteiger partial charge in [0.2, 0.25) is 0 Å². The molecule has 1 aromatic heterocycles. The van der Waals surface area contributed by atoms with Crippen LogP contribution >= 0.6 is 11.6 Å². The standard InChI is InChI=1S/C26H26ClN3O/c1-17(2)20-6-8-21(9-7-20)18(3)29-26(31)22-10-11-23-15-28-30(25(23)14-22)16-19-4-12-24(27)13-5-19/h4-15,17-18H,16H2,1-3H3,(H,29,31). The van der Waals surface area contributed by atoms with E-state index in [2.05, 4.69) is 48.5 Å². The van der Waals surface area contributed by atoms with Gasteiger partial charge in [-0.25, -0.2) is 0 Å². The summed E-state index contributed by atoms with van der Waals surface area (Å²) in [5, 5.41) is 9.32. The molecule has 0 bridgehead atoms. The van der Waals surface area contributed by atoms with Gasteiger partial charge >= 0.3 is 0 Å². The summed E-state index contributed by atoms with van der Waals surface area (Å²) in [4.78, 5) is 12.9. The molecule has 1 heterocycles. The molecule has 3 aromatic carbocycles. The second kappa shape index (κ2) is 8.94. The van der Waals surface area contributed by atoms with E-state index < -0.39 is 0 Å². The van der Waals surface area contributed by atoms with Crippen LogP contribution in [0.3, 0.4) is 0 Å². The number of nitrogens with zero attached hydrogens (tertiary/aromatic N) is 2. The van der Waals surface area contributed by atoms with Crippen molar-refractivity contribution in [2.45, 2.75) is 39.3 Å². The Hall–Kier alpha value is -3.11. The molecule has 0 aliphatic carbocycles. The Bertz CT molecular complexity index is 1190. The Morgan fingerprint density at radius 3 is 2.32 bits per heavy atom. The van der Waals surface area contributed by atoms with Crippen molar-refractivity contribution in [3.63, 3.8) is 0 Å². The highest BCUT2D eigenvalue weighted by Gasteiger charge is 2.14. The van der Waals surface area contributed by atoms with Gasteiger partial charge in [-0.15, -0.1) is 0 Å². The molecule has 31 heavy (non-hydrogen) atoms. The van der Waals surface area contributed by atoms with Crippen molar-refractivity contribution in [1.82, 2.24) is 15.1 Å². The fourth-order valence-corrected chi connectivity index (χ4v) is 3.76. The highest BCUT2D eigenvalue weighted by atomic mass is 35.5. The van der Waals surface area contributed by atoms with Crippen molar-refractivity contribution in [2.24, 2.45) is 0 Å². The van der Waals surface area contributed by atoms with E-state index in [0.717, 1.165) is 22.0 Å². The van der Waals surface area contributed by atoms with Crippen LogP contribution in [-0.4, -0.2) is 15.7 Å². The zero-order chi connectivity index (χ0) is 22.0. The quantitative estimate of drug-likeness (QED) is 0.386. The van der Waals surface area contributed by atoms with E-state index >= 15 is 0 Å². The second-order valence-corrected chi connectivity index (χ2v) is 8.66. The molecular weight excluding hydrogens is 406 g/mol. The number of benzene rings is 3. The largest absolute Gasteiger partial charge is 0.346 e.